The van der Waals surface area contributed by atoms with Crippen molar-refractivity contribution in [3.05, 3.63) is 29.6 Å². The number of nitrogens with one attached hydrogen (secondary N) is 1. The average molecular weight is 237 g/mol. The number of halogens is 1. The van der Waals surface area contributed by atoms with Crippen molar-refractivity contribution >= 4 is 5.69 Å². The molecule has 17 heavy (non-hydrogen) atoms. The van der Waals surface area contributed by atoms with Gasteiger partial charge in [-0.15, -0.1) is 0 Å². The average Bonchev–Trinajstić information content (AvgIpc) is 2.28. The fraction of sp³-hybridized carbons (Fsp3) is 0.571. The number of aryl methyl sites for hydroxylation is 1. The van der Waals surface area contributed by atoms with Crippen molar-refractivity contribution in [2.45, 2.75) is 45.3 Å². The first-order valence-corrected chi connectivity index (χ1v) is 6.32. The molecule has 1 saturated heterocycles. The van der Waals surface area contributed by atoms with Crippen LogP contribution in [0.4, 0.5) is 10.1 Å². The van der Waals surface area contributed by atoms with Crippen LogP contribution in [-0.4, -0.2) is 18.8 Å². The topological polar surface area (TPSA) is 21.3 Å². The molecule has 0 radical (unpaired) electrons. The summed E-state index contributed by atoms with van der Waals surface area (Å²) in [5.41, 5.74) is 1.83. The summed E-state index contributed by atoms with van der Waals surface area (Å²) < 4.78 is 18.9. The van der Waals surface area contributed by atoms with Crippen LogP contribution in [0, 0.1) is 12.7 Å². The van der Waals surface area contributed by atoms with Crippen molar-refractivity contribution in [1.82, 2.24) is 0 Å². The lowest BCUT2D eigenvalue weighted by Crippen LogP contribution is -2.33. The van der Waals surface area contributed by atoms with Gasteiger partial charge in [-0.25, -0.2) is 4.39 Å². The maximum absolute atomic E-state index is 13.3. The first-order valence-electron chi connectivity index (χ1n) is 6.32. The van der Waals surface area contributed by atoms with Gasteiger partial charge in [0.1, 0.15) is 5.82 Å². The molecule has 0 bridgehead atoms. The van der Waals surface area contributed by atoms with Gasteiger partial charge in [0.15, 0.2) is 0 Å². The predicted molar refractivity (Wildman–Crippen MR) is 67.8 cm³/mol. The summed E-state index contributed by atoms with van der Waals surface area (Å²) >= 11 is 0. The molecule has 2 unspecified atom stereocenters. The van der Waals surface area contributed by atoms with E-state index < -0.39 is 0 Å². The van der Waals surface area contributed by atoms with Crippen LogP contribution < -0.4 is 5.32 Å². The van der Waals surface area contributed by atoms with E-state index in [1.54, 1.807) is 12.1 Å². The van der Waals surface area contributed by atoms with Gasteiger partial charge < -0.3 is 10.1 Å². The number of rotatable bonds is 3. The highest BCUT2D eigenvalue weighted by Gasteiger charge is 2.21. The molecular weight excluding hydrogens is 217 g/mol. The molecule has 0 spiro atoms. The van der Waals surface area contributed by atoms with Crippen LogP contribution in [-0.2, 0) is 4.74 Å². The number of hydrogen-bond acceptors (Lipinski definition) is 2. The molecule has 1 aliphatic heterocycles. The number of hydrogen-bond donors (Lipinski definition) is 1. The molecule has 2 rings (SSSR count). The molecule has 2 nitrogen and oxygen atoms in total. The van der Waals surface area contributed by atoms with Gasteiger partial charge in [0.25, 0.3) is 0 Å². The molecule has 1 aromatic rings. The van der Waals surface area contributed by atoms with Crippen molar-refractivity contribution in [3.63, 3.8) is 0 Å². The van der Waals surface area contributed by atoms with Gasteiger partial charge in [0, 0.05) is 18.3 Å². The first-order chi connectivity index (χ1) is 8.17. The number of ether oxygens (including phenoxy) is 1. The SMILES string of the molecule is CCC1CC(Nc2cc(C)cc(F)c2)CCO1. The van der Waals surface area contributed by atoms with Crippen molar-refractivity contribution in [2.24, 2.45) is 0 Å². The van der Waals surface area contributed by atoms with E-state index in [1.807, 2.05) is 13.0 Å². The summed E-state index contributed by atoms with van der Waals surface area (Å²) in [4.78, 5) is 0. The summed E-state index contributed by atoms with van der Waals surface area (Å²) in [6, 6.07) is 5.49. The minimum atomic E-state index is -0.174. The Balaban J connectivity index is 2.00. The maximum Gasteiger partial charge on any atom is 0.125 e. The van der Waals surface area contributed by atoms with Crippen LogP contribution >= 0.6 is 0 Å². The quantitative estimate of drug-likeness (QED) is 0.868. The van der Waals surface area contributed by atoms with Gasteiger partial charge in [-0.05, 0) is 49.9 Å². The van der Waals surface area contributed by atoms with Crippen LogP contribution in [0.3, 0.4) is 0 Å². The Bertz CT molecular complexity index is 360. The van der Waals surface area contributed by atoms with Crippen molar-refractivity contribution < 1.29 is 9.13 Å². The summed E-state index contributed by atoms with van der Waals surface area (Å²) in [5, 5.41) is 3.41. The molecule has 0 saturated carbocycles. The Morgan fingerprint density at radius 1 is 1.41 bits per heavy atom. The van der Waals surface area contributed by atoms with E-state index in [1.165, 1.54) is 0 Å². The minimum Gasteiger partial charge on any atom is -0.382 e. The third-order valence-electron chi connectivity index (χ3n) is 3.24. The smallest absolute Gasteiger partial charge is 0.125 e. The third kappa shape index (κ3) is 3.43. The van der Waals surface area contributed by atoms with Crippen LogP contribution in [0.25, 0.3) is 0 Å². The molecule has 1 fully saturated rings. The monoisotopic (exact) mass is 237 g/mol. The van der Waals surface area contributed by atoms with Crippen molar-refractivity contribution in [1.29, 1.82) is 0 Å². The number of benzene rings is 1. The summed E-state index contributed by atoms with van der Waals surface area (Å²) in [6.45, 7) is 4.84. The predicted octanol–water partition coefficient (Wildman–Crippen LogP) is 3.50. The van der Waals surface area contributed by atoms with E-state index in [-0.39, 0.29) is 5.82 Å². The van der Waals surface area contributed by atoms with Gasteiger partial charge in [-0.2, -0.15) is 0 Å². The van der Waals surface area contributed by atoms with E-state index >= 15 is 0 Å². The lowest BCUT2D eigenvalue weighted by molar-refractivity contribution is 0.00925. The Hall–Kier alpha value is -1.09. The van der Waals surface area contributed by atoms with E-state index in [2.05, 4.69) is 12.2 Å². The zero-order chi connectivity index (χ0) is 12.3. The minimum absolute atomic E-state index is 0.174. The van der Waals surface area contributed by atoms with Crippen LogP contribution in [0.2, 0.25) is 0 Å². The van der Waals surface area contributed by atoms with Gasteiger partial charge in [-0.1, -0.05) is 6.92 Å². The maximum atomic E-state index is 13.3. The van der Waals surface area contributed by atoms with Gasteiger partial charge >= 0.3 is 0 Å². The molecule has 1 aromatic carbocycles. The van der Waals surface area contributed by atoms with E-state index in [0.717, 1.165) is 37.1 Å². The molecule has 2 atom stereocenters. The largest absolute Gasteiger partial charge is 0.382 e. The second kappa shape index (κ2) is 5.50. The Morgan fingerprint density at radius 2 is 2.24 bits per heavy atom. The summed E-state index contributed by atoms with van der Waals surface area (Å²) in [6.07, 6.45) is 3.38. The second-order valence-corrected chi connectivity index (χ2v) is 4.78. The molecule has 1 heterocycles. The van der Waals surface area contributed by atoms with Crippen molar-refractivity contribution in [3.8, 4) is 0 Å². The standard InChI is InChI=1S/C14H20FNO/c1-3-14-9-12(4-5-17-14)16-13-7-10(2)6-11(15)8-13/h6-8,12,14,16H,3-5,9H2,1-2H3. The Kier molecular flexibility index (Phi) is 4.00. The molecule has 0 amide bonds. The van der Waals surface area contributed by atoms with Gasteiger partial charge in [-0.3, -0.25) is 0 Å². The Labute approximate surface area is 102 Å². The molecule has 3 heteroatoms. The van der Waals surface area contributed by atoms with E-state index in [4.69, 9.17) is 4.74 Å². The second-order valence-electron chi connectivity index (χ2n) is 4.78. The third-order valence-corrected chi connectivity index (χ3v) is 3.24. The molecule has 94 valence electrons. The highest BCUT2D eigenvalue weighted by atomic mass is 19.1. The number of anilines is 1. The summed E-state index contributed by atoms with van der Waals surface area (Å²) in [7, 11) is 0. The molecule has 0 aliphatic carbocycles. The van der Waals surface area contributed by atoms with Gasteiger partial charge in [0.2, 0.25) is 0 Å². The molecule has 1 aliphatic rings. The zero-order valence-electron chi connectivity index (χ0n) is 10.5. The van der Waals surface area contributed by atoms with Gasteiger partial charge in [0.05, 0.1) is 6.10 Å². The molecule has 1 N–H and O–H groups in total. The lowest BCUT2D eigenvalue weighted by atomic mass is 10.0. The first kappa shape index (κ1) is 12.4. The fourth-order valence-electron chi connectivity index (χ4n) is 2.35. The van der Waals surface area contributed by atoms with E-state index in [9.17, 15) is 4.39 Å². The van der Waals surface area contributed by atoms with Crippen molar-refractivity contribution in [2.75, 3.05) is 11.9 Å². The highest BCUT2D eigenvalue weighted by molar-refractivity contribution is 5.46. The molecular formula is C14H20FNO. The highest BCUT2D eigenvalue weighted by Crippen LogP contribution is 2.21. The zero-order valence-corrected chi connectivity index (χ0v) is 10.5. The fourth-order valence-corrected chi connectivity index (χ4v) is 2.35. The van der Waals surface area contributed by atoms with Crippen LogP contribution in [0.1, 0.15) is 31.7 Å². The Morgan fingerprint density at radius 3 is 2.94 bits per heavy atom. The van der Waals surface area contributed by atoms with Crippen LogP contribution in [0.5, 0.6) is 0 Å². The van der Waals surface area contributed by atoms with E-state index in [0.29, 0.717) is 12.1 Å². The normalized spacial score (nSPS) is 24.6. The lowest BCUT2D eigenvalue weighted by Gasteiger charge is -2.30. The summed E-state index contributed by atoms with van der Waals surface area (Å²) in [5.74, 6) is -0.174. The molecule has 0 aromatic heterocycles. The van der Waals surface area contributed by atoms with Crippen LogP contribution in [0.15, 0.2) is 18.2 Å².